The van der Waals surface area contributed by atoms with Gasteiger partial charge >= 0.3 is 6.09 Å². The van der Waals surface area contributed by atoms with Crippen LogP contribution in [-0.2, 0) is 17.8 Å². The highest BCUT2D eigenvalue weighted by atomic mass is 16.6. The van der Waals surface area contributed by atoms with E-state index in [1.807, 2.05) is 6.92 Å². The fourth-order valence-corrected chi connectivity index (χ4v) is 3.56. The molecule has 28 heavy (non-hydrogen) atoms. The molecule has 3 heterocycles. The molecule has 4 rings (SSSR count). The molecule has 2 aliphatic rings. The number of carbonyl (C=O) groups is 1. The maximum atomic E-state index is 11.9. The Balaban J connectivity index is 1.41. The van der Waals surface area contributed by atoms with Crippen molar-refractivity contribution in [3.63, 3.8) is 0 Å². The normalized spacial score (nSPS) is 17.5. The number of cyclic esters (lactones) is 1. The fourth-order valence-electron chi connectivity index (χ4n) is 3.56. The van der Waals surface area contributed by atoms with Crippen LogP contribution in [0.5, 0.6) is 0 Å². The highest BCUT2D eigenvalue weighted by Crippen LogP contribution is 2.26. The number of fused-ring (bicyclic) bond motifs is 1. The van der Waals surface area contributed by atoms with E-state index in [0.717, 1.165) is 31.0 Å². The Kier molecular flexibility index (Phi) is 5.43. The molecule has 0 spiro atoms. The van der Waals surface area contributed by atoms with Gasteiger partial charge in [-0.05, 0) is 56.8 Å². The van der Waals surface area contributed by atoms with Gasteiger partial charge in [-0.2, -0.15) is 4.98 Å². The van der Waals surface area contributed by atoms with Crippen molar-refractivity contribution in [1.82, 2.24) is 15.3 Å². The Morgan fingerprint density at radius 3 is 2.79 bits per heavy atom. The first-order chi connectivity index (χ1) is 13.6. The number of rotatable bonds is 7. The minimum atomic E-state index is -0.360. The molecule has 1 amide bonds. The van der Waals surface area contributed by atoms with E-state index in [0.29, 0.717) is 18.3 Å². The van der Waals surface area contributed by atoms with E-state index in [1.54, 1.807) is 6.20 Å². The van der Waals surface area contributed by atoms with Gasteiger partial charge in [0.2, 0.25) is 5.95 Å². The quantitative estimate of drug-likeness (QED) is 0.766. The van der Waals surface area contributed by atoms with Gasteiger partial charge in [0, 0.05) is 12.7 Å². The van der Waals surface area contributed by atoms with Gasteiger partial charge in [0.25, 0.3) is 0 Å². The summed E-state index contributed by atoms with van der Waals surface area (Å²) in [5, 5.41) is 6.67. The van der Waals surface area contributed by atoms with Crippen molar-refractivity contribution in [3.05, 3.63) is 47.2 Å². The van der Waals surface area contributed by atoms with Crippen LogP contribution in [0.25, 0.3) is 0 Å². The van der Waals surface area contributed by atoms with Crippen LogP contribution in [0.2, 0.25) is 0 Å². The topological polar surface area (TPSA) is 79.4 Å². The summed E-state index contributed by atoms with van der Waals surface area (Å²) in [5.41, 5.74) is 3.39. The van der Waals surface area contributed by atoms with Gasteiger partial charge in [0.1, 0.15) is 12.4 Å². The maximum Gasteiger partial charge on any atom is 0.415 e. The van der Waals surface area contributed by atoms with E-state index >= 15 is 0 Å². The fraction of sp³-hybridized carbons (Fsp3) is 0.476. The Morgan fingerprint density at radius 1 is 1.32 bits per heavy atom. The Bertz CT molecular complexity index is 835. The van der Waals surface area contributed by atoms with Crippen LogP contribution < -0.4 is 15.5 Å². The Labute approximate surface area is 165 Å². The van der Waals surface area contributed by atoms with E-state index < -0.39 is 0 Å². The van der Waals surface area contributed by atoms with Crippen LogP contribution in [-0.4, -0.2) is 35.7 Å². The predicted octanol–water partition coefficient (Wildman–Crippen LogP) is 3.28. The van der Waals surface area contributed by atoms with Crippen LogP contribution in [0.4, 0.5) is 16.6 Å². The lowest BCUT2D eigenvalue weighted by molar-refractivity contribution is 0.141. The summed E-state index contributed by atoms with van der Waals surface area (Å²) in [5.74, 6) is 1.98. The number of carbonyl (C=O) groups excluding carboxylic acids is 1. The highest BCUT2D eigenvalue weighted by molar-refractivity contribution is 5.89. The number of benzene rings is 1. The molecular formula is C21H27N5O2. The van der Waals surface area contributed by atoms with E-state index in [4.69, 9.17) is 4.74 Å². The summed E-state index contributed by atoms with van der Waals surface area (Å²) in [6.07, 6.45) is 3.75. The molecule has 2 aliphatic heterocycles. The first-order valence-corrected chi connectivity index (χ1v) is 10.0. The van der Waals surface area contributed by atoms with Crippen LogP contribution >= 0.6 is 0 Å². The molecule has 1 fully saturated rings. The summed E-state index contributed by atoms with van der Waals surface area (Å²) in [6.45, 7) is 7.04. The Morgan fingerprint density at radius 2 is 2.11 bits per heavy atom. The van der Waals surface area contributed by atoms with Gasteiger partial charge in [-0.15, -0.1) is 0 Å². The molecular weight excluding hydrogens is 354 g/mol. The van der Waals surface area contributed by atoms with Crippen molar-refractivity contribution < 1.29 is 9.53 Å². The number of amides is 1. The average molecular weight is 381 g/mol. The first kappa shape index (κ1) is 18.7. The molecule has 2 aromatic rings. The molecule has 148 valence electrons. The van der Waals surface area contributed by atoms with Crippen LogP contribution in [0.3, 0.4) is 0 Å². The monoisotopic (exact) mass is 381 g/mol. The number of aryl methyl sites for hydroxylation is 1. The minimum Gasteiger partial charge on any atom is -0.444 e. The zero-order valence-electron chi connectivity index (χ0n) is 16.4. The van der Waals surface area contributed by atoms with Gasteiger partial charge in [-0.25, -0.2) is 9.78 Å². The number of nitrogens with one attached hydrogen (secondary N) is 2. The van der Waals surface area contributed by atoms with Crippen molar-refractivity contribution >= 4 is 17.9 Å². The van der Waals surface area contributed by atoms with Gasteiger partial charge in [-0.1, -0.05) is 24.3 Å². The summed E-state index contributed by atoms with van der Waals surface area (Å²) < 4.78 is 5.14. The smallest absolute Gasteiger partial charge is 0.415 e. The zero-order chi connectivity index (χ0) is 19.5. The second kappa shape index (κ2) is 8.14. The summed E-state index contributed by atoms with van der Waals surface area (Å²) >= 11 is 0. The number of hydrogen-bond donors (Lipinski definition) is 2. The number of ether oxygens (including phenoxy) is 1. The molecule has 0 aliphatic carbocycles. The Hall–Kier alpha value is -2.67. The molecule has 0 radical (unpaired) electrons. The average Bonchev–Trinajstić information content (AvgIpc) is 2.67. The summed E-state index contributed by atoms with van der Waals surface area (Å²) in [6, 6.07) is 8.82. The van der Waals surface area contributed by atoms with Gasteiger partial charge in [-0.3, -0.25) is 4.90 Å². The summed E-state index contributed by atoms with van der Waals surface area (Å²) in [4.78, 5) is 22.4. The van der Waals surface area contributed by atoms with Crippen molar-refractivity contribution in [2.75, 3.05) is 29.9 Å². The van der Waals surface area contributed by atoms with E-state index in [9.17, 15) is 4.79 Å². The molecule has 1 saturated heterocycles. The van der Waals surface area contributed by atoms with Crippen molar-refractivity contribution in [1.29, 1.82) is 0 Å². The number of nitrogens with zero attached hydrogens (tertiary/aromatic N) is 3. The van der Waals surface area contributed by atoms with Gasteiger partial charge in [0.15, 0.2) is 0 Å². The lowest BCUT2D eigenvalue weighted by atomic mass is 9.94. The molecule has 1 aromatic heterocycles. The standard InChI is InChI=1S/C21H27N5O2/c1-3-26-19-18(13-28-21(26)27)12-23-20(25-19)24-14(2)17-8-6-15(7-9-17)4-5-16-10-22-11-16/h6-9,12,14,16,22H,3-5,10-11,13H2,1-2H3,(H,23,24,25)/t14-/m0/s1. The van der Waals surface area contributed by atoms with Gasteiger partial charge < -0.3 is 15.4 Å². The first-order valence-electron chi connectivity index (χ1n) is 10.0. The van der Waals surface area contributed by atoms with Crippen LogP contribution in [0, 0.1) is 5.92 Å². The van der Waals surface area contributed by atoms with E-state index in [-0.39, 0.29) is 18.7 Å². The van der Waals surface area contributed by atoms with Crippen LogP contribution in [0.15, 0.2) is 30.5 Å². The van der Waals surface area contributed by atoms with Crippen molar-refractivity contribution in [2.24, 2.45) is 5.92 Å². The number of hydrogen-bond acceptors (Lipinski definition) is 6. The number of anilines is 2. The van der Waals surface area contributed by atoms with Gasteiger partial charge in [0.05, 0.1) is 11.6 Å². The molecule has 7 heteroatoms. The third-order valence-electron chi connectivity index (χ3n) is 5.52. The molecule has 0 saturated carbocycles. The van der Waals surface area contributed by atoms with Crippen molar-refractivity contribution in [3.8, 4) is 0 Å². The molecule has 7 nitrogen and oxygen atoms in total. The SMILES string of the molecule is CCN1C(=O)OCc2cnc(N[C@@H](C)c3ccc(CCC4CNC4)cc3)nc21. The zero-order valence-corrected chi connectivity index (χ0v) is 16.4. The lowest BCUT2D eigenvalue weighted by Gasteiger charge is -2.27. The predicted molar refractivity (Wildman–Crippen MR) is 108 cm³/mol. The molecule has 0 unspecified atom stereocenters. The third kappa shape index (κ3) is 3.94. The number of aromatic nitrogens is 2. The van der Waals surface area contributed by atoms with E-state index in [1.165, 1.54) is 22.4 Å². The third-order valence-corrected chi connectivity index (χ3v) is 5.52. The van der Waals surface area contributed by atoms with Crippen molar-refractivity contribution in [2.45, 2.75) is 39.3 Å². The molecule has 0 bridgehead atoms. The maximum absolute atomic E-state index is 11.9. The lowest BCUT2D eigenvalue weighted by Crippen LogP contribution is -2.42. The largest absolute Gasteiger partial charge is 0.444 e. The minimum absolute atomic E-state index is 0.0635. The molecule has 2 N–H and O–H groups in total. The summed E-state index contributed by atoms with van der Waals surface area (Å²) in [7, 11) is 0. The van der Waals surface area contributed by atoms with Crippen LogP contribution in [0.1, 0.15) is 43.0 Å². The second-order valence-corrected chi connectivity index (χ2v) is 7.51. The second-order valence-electron chi connectivity index (χ2n) is 7.51. The highest BCUT2D eigenvalue weighted by Gasteiger charge is 2.26. The molecule has 1 atom stereocenters. The molecule has 1 aromatic carbocycles. The van der Waals surface area contributed by atoms with E-state index in [2.05, 4.69) is 51.8 Å².